The number of carbonyl (C=O) groups is 2. The summed E-state index contributed by atoms with van der Waals surface area (Å²) in [6.07, 6.45) is 2.57. The van der Waals surface area contributed by atoms with Gasteiger partial charge in [-0.2, -0.15) is 5.10 Å². The van der Waals surface area contributed by atoms with E-state index in [-0.39, 0.29) is 12.3 Å². The zero-order valence-electron chi connectivity index (χ0n) is 19.6. The van der Waals surface area contributed by atoms with Gasteiger partial charge in [0.25, 0.3) is 0 Å². The van der Waals surface area contributed by atoms with E-state index in [9.17, 15) is 9.59 Å². The average Bonchev–Trinajstić information content (AvgIpc) is 3.19. The number of benzene rings is 1. The van der Waals surface area contributed by atoms with Gasteiger partial charge in [0.1, 0.15) is 11.4 Å². The van der Waals surface area contributed by atoms with Crippen LogP contribution in [-0.4, -0.2) is 53.0 Å². The van der Waals surface area contributed by atoms with E-state index in [1.807, 2.05) is 57.2 Å². The van der Waals surface area contributed by atoms with E-state index in [1.54, 1.807) is 18.2 Å². The molecular formula is C24H31N5O4. The molecule has 0 spiro atoms. The molecule has 2 amide bonds. The molecule has 0 aliphatic rings. The number of fused-ring (bicyclic) bond motifs is 1. The number of rotatable bonds is 9. The maximum atomic E-state index is 13.2. The molecule has 2 heterocycles. The molecule has 9 heteroatoms. The molecule has 0 fully saturated rings. The Balaban J connectivity index is 1.64. The van der Waals surface area contributed by atoms with Crippen molar-refractivity contribution in [3.05, 3.63) is 48.3 Å². The highest BCUT2D eigenvalue weighted by Gasteiger charge is 2.19. The maximum absolute atomic E-state index is 13.2. The van der Waals surface area contributed by atoms with Crippen LogP contribution < -0.4 is 15.0 Å². The summed E-state index contributed by atoms with van der Waals surface area (Å²) < 4.78 is 10.6. The second kappa shape index (κ2) is 10.8. The molecule has 0 saturated heterocycles. The fourth-order valence-electron chi connectivity index (χ4n) is 3.38. The number of carbonyl (C=O) groups excluding carboxylic acids is 2. The number of anilines is 1. The predicted octanol–water partition coefficient (Wildman–Crippen LogP) is 3.85. The number of amides is 2. The summed E-state index contributed by atoms with van der Waals surface area (Å²) >= 11 is 0. The molecule has 1 aromatic carbocycles. The first-order valence-electron chi connectivity index (χ1n) is 11.0. The van der Waals surface area contributed by atoms with Crippen LogP contribution in [0.4, 0.5) is 10.5 Å². The Morgan fingerprint density at radius 1 is 1.18 bits per heavy atom. The number of H-pyrrole nitrogens is 1. The maximum Gasteiger partial charge on any atom is 0.407 e. The Morgan fingerprint density at radius 2 is 2.00 bits per heavy atom. The van der Waals surface area contributed by atoms with Gasteiger partial charge in [0, 0.05) is 49.3 Å². The Labute approximate surface area is 193 Å². The number of aryl methyl sites for hydroxylation is 1. The lowest BCUT2D eigenvalue weighted by Crippen LogP contribution is -2.36. The summed E-state index contributed by atoms with van der Waals surface area (Å²) in [4.78, 5) is 31.1. The van der Waals surface area contributed by atoms with E-state index < -0.39 is 11.7 Å². The summed E-state index contributed by atoms with van der Waals surface area (Å²) in [5.74, 6) is 0.627. The Bertz CT molecular complexity index is 1090. The minimum Gasteiger partial charge on any atom is -0.497 e. The molecule has 0 aliphatic heterocycles. The van der Waals surface area contributed by atoms with E-state index in [0.717, 1.165) is 16.8 Å². The first kappa shape index (κ1) is 24.0. The molecule has 2 N–H and O–H groups in total. The van der Waals surface area contributed by atoms with Crippen molar-refractivity contribution in [2.45, 2.75) is 45.6 Å². The summed E-state index contributed by atoms with van der Waals surface area (Å²) in [5.41, 5.74) is 1.70. The zero-order chi connectivity index (χ0) is 23.8. The smallest absolute Gasteiger partial charge is 0.407 e. The van der Waals surface area contributed by atoms with Crippen molar-refractivity contribution in [1.82, 2.24) is 20.5 Å². The van der Waals surface area contributed by atoms with Crippen molar-refractivity contribution in [2.75, 3.05) is 25.1 Å². The number of pyridine rings is 1. The van der Waals surface area contributed by atoms with Crippen molar-refractivity contribution in [1.29, 1.82) is 0 Å². The van der Waals surface area contributed by atoms with Gasteiger partial charge in [0.05, 0.1) is 12.8 Å². The van der Waals surface area contributed by atoms with Crippen LogP contribution in [-0.2, 0) is 16.0 Å². The number of aromatic amines is 1. The van der Waals surface area contributed by atoms with Crippen LogP contribution in [0.15, 0.2) is 42.6 Å². The molecule has 3 rings (SSSR count). The molecule has 176 valence electrons. The van der Waals surface area contributed by atoms with Gasteiger partial charge in [-0.1, -0.05) is 6.07 Å². The number of aromatic nitrogens is 3. The lowest BCUT2D eigenvalue weighted by molar-refractivity contribution is -0.118. The molecule has 0 saturated carbocycles. The van der Waals surface area contributed by atoms with Gasteiger partial charge in [-0.15, -0.1) is 0 Å². The van der Waals surface area contributed by atoms with Gasteiger partial charge in [-0.25, -0.2) is 9.78 Å². The van der Waals surface area contributed by atoms with Crippen LogP contribution in [0, 0.1) is 0 Å². The van der Waals surface area contributed by atoms with Gasteiger partial charge >= 0.3 is 6.09 Å². The summed E-state index contributed by atoms with van der Waals surface area (Å²) in [6, 6.07) is 11.2. The van der Waals surface area contributed by atoms with Gasteiger partial charge < -0.3 is 19.7 Å². The molecule has 0 unspecified atom stereocenters. The van der Waals surface area contributed by atoms with E-state index in [2.05, 4.69) is 20.5 Å². The fourth-order valence-corrected chi connectivity index (χ4v) is 3.38. The molecule has 0 atom stereocenters. The van der Waals surface area contributed by atoms with Crippen molar-refractivity contribution in [2.24, 2.45) is 0 Å². The highest BCUT2D eigenvalue weighted by molar-refractivity contribution is 5.94. The quantitative estimate of drug-likeness (QED) is 0.476. The minimum absolute atomic E-state index is 0.0411. The van der Waals surface area contributed by atoms with Crippen molar-refractivity contribution < 1.29 is 19.1 Å². The number of nitrogens with one attached hydrogen (secondary N) is 2. The number of nitrogens with zero attached hydrogens (tertiary/aromatic N) is 3. The van der Waals surface area contributed by atoms with Crippen LogP contribution in [0.3, 0.4) is 0 Å². The van der Waals surface area contributed by atoms with Crippen molar-refractivity contribution in [3.63, 3.8) is 0 Å². The number of hydrogen-bond donors (Lipinski definition) is 2. The fraction of sp³-hybridized carbons (Fsp3) is 0.417. The molecule has 3 aromatic rings. The van der Waals surface area contributed by atoms with Gasteiger partial charge in [-0.3, -0.25) is 9.89 Å². The lowest BCUT2D eigenvalue weighted by atomic mass is 10.1. The first-order valence-corrected chi connectivity index (χ1v) is 11.0. The summed E-state index contributed by atoms with van der Waals surface area (Å²) in [6.45, 7) is 6.26. The van der Waals surface area contributed by atoms with Gasteiger partial charge in [0.2, 0.25) is 5.91 Å². The summed E-state index contributed by atoms with van der Waals surface area (Å²) in [5, 5.41) is 10.9. The average molecular weight is 454 g/mol. The standard InChI is InChI=1S/C24H31N5O4/c1-24(2,3)33-23(31)26-14-7-15-29(17-8-5-9-18(16-17)32-4)21(30)12-11-20-19-10-6-13-25-22(19)28-27-20/h5-6,8-10,13,16H,7,11-12,14-15H2,1-4H3,(H,26,31)(H,25,27,28). The second-order valence-corrected chi connectivity index (χ2v) is 8.60. The van der Waals surface area contributed by atoms with E-state index in [0.29, 0.717) is 37.3 Å². The molecular weight excluding hydrogens is 422 g/mol. The topological polar surface area (TPSA) is 109 Å². The summed E-state index contributed by atoms with van der Waals surface area (Å²) in [7, 11) is 1.59. The third-order valence-electron chi connectivity index (χ3n) is 4.88. The normalized spacial score (nSPS) is 11.3. The van der Waals surface area contributed by atoms with Gasteiger partial charge in [0.15, 0.2) is 5.65 Å². The van der Waals surface area contributed by atoms with E-state index in [1.165, 1.54) is 0 Å². The van der Waals surface area contributed by atoms with Gasteiger partial charge in [-0.05, 0) is 51.5 Å². The lowest BCUT2D eigenvalue weighted by Gasteiger charge is -2.24. The van der Waals surface area contributed by atoms with Crippen LogP contribution in [0.2, 0.25) is 0 Å². The third kappa shape index (κ3) is 6.93. The highest BCUT2D eigenvalue weighted by Crippen LogP contribution is 2.23. The highest BCUT2D eigenvalue weighted by atomic mass is 16.6. The molecule has 9 nitrogen and oxygen atoms in total. The molecule has 0 aliphatic carbocycles. The van der Waals surface area contributed by atoms with E-state index in [4.69, 9.17) is 9.47 Å². The van der Waals surface area contributed by atoms with E-state index >= 15 is 0 Å². The van der Waals surface area contributed by atoms with Crippen LogP contribution in [0.25, 0.3) is 11.0 Å². The largest absolute Gasteiger partial charge is 0.497 e. The van der Waals surface area contributed by atoms with Crippen molar-refractivity contribution in [3.8, 4) is 5.75 Å². The van der Waals surface area contributed by atoms with Crippen LogP contribution >= 0.6 is 0 Å². The number of ether oxygens (including phenoxy) is 2. The number of alkyl carbamates (subject to hydrolysis) is 1. The third-order valence-corrected chi connectivity index (χ3v) is 4.88. The first-order chi connectivity index (χ1) is 15.8. The Hall–Kier alpha value is -3.62. The number of methoxy groups -OCH3 is 1. The zero-order valence-corrected chi connectivity index (χ0v) is 19.6. The SMILES string of the molecule is COc1cccc(N(CCCNC(=O)OC(C)(C)C)C(=O)CCc2n[nH]c3ncccc23)c1. The Morgan fingerprint density at radius 3 is 2.76 bits per heavy atom. The Kier molecular flexibility index (Phi) is 7.87. The predicted molar refractivity (Wildman–Crippen MR) is 126 cm³/mol. The molecule has 0 radical (unpaired) electrons. The number of hydrogen-bond acceptors (Lipinski definition) is 6. The molecule has 33 heavy (non-hydrogen) atoms. The minimum atomic E-state index is -0.557. The second-order valence-electron chi connectivity index (χ2n) is 8.60. The monoisotopic (exact) mass is 453 g/mol. The molecule has 0 bridgehead atoms. The van der Waals surface area contributed by atoms with Crippen molar-refractivity contribution >= 4 is 28.7 Å². The van der Waals surface area contributed by atoms with Crippen LogP contribution in [0.5, 0.6) is 5.75 Å². The molecule has 2 aromatic heterocycles. The van der Waals surface area contributed by atoms with Crippen LogP contribution in [0.1, 0.15) is 39.3 Å².